The molecule has 28 heavy (non-hydrogen) atoms. The molecule has 0 saturated heterocycles. The maximum atomic E-state index is 11.1. The van der Waals surface area contributed by atoms with Crippen molar-refractivity contribution in [3.63, 3.8) is 0 Å². The molecule has 1 aliphatic rings. The molecule has 1 aliphatic heterocycles. The molecule has 0 atom stereocenters. The molecule has 2 aromatic carbocycles. The third-order valence-corrected chi connectivity index (χ3v) is 5.06. The van der Waals surface area contributed by atoms with Crippen molar-refractivity contribution in [1.29, 1.82) is 0 Å². The van der Waals surface area contributed by atoms with E-state index < -0.39 is 0 Å². The van der Waals surface area contributed by atoms with E-state index in [0.29, 0.717) is 6.54 Å². The molecule has 0 bridgehead atoms. The van der Waals surface area contributed by atoms with Gasteiger partial charge in [-0.3, -0.25) is 10.1 Å². The van der Waals surface area contributed by atoms with Crippen LogP contribution in [-0.4, -0.2) is 31.2 Å². The van der Waals surface area contributed by atoms with Crippen molar-refractivity contribution in [2.24, 2.45) is 0 Å². The van der Waals surface area contributed by atoms with Crippen molar-refractivity contribution in [3.8, 4) is 5.69 Å². The van der Waals surface area contributed by atoms with Gasteiger partial charge in [0.05, 0.1) is 22.2 Å². The first-order chi connectivity index (χ1) is 13.7. The zero-order chi connectivity index (χ0) is 19.1. The molecule has 0 unspecified atom stereocenters. The van der Waals surface area contributed by atoms with Crippen LogP contribution >= 0.6 is 0 Å². The fourth-order valence-corrected chi connectivity index (χ4v) is 3.68. The van der Waals surface area contributed by atoms with Crippen molar-refractivity contribution in [1.82, 2.24) is 19.7 Å². The normalized spacial score (nSPS) is 13.5. The fourth-order valence-electron chi connectivity index (χ4n) is 3.68. The molecule has 5 rings (SSSR count). The van der Waals surface area contributed by atoms with Gasteiger partial charge in [-0.05, 0) is 29.7 Å². The standard InChI is InChI=1S/C20H16N6O2/c27-26(28)17-7-6-14-8-9-24(12-15(14)10-17)19-18-11-23-25(20(18)22-13-21-19)16-4-2-1-3-5-16/h1-7,10-11,13H,8-9,12H2. The lowest BCUT2D eigenvalue weighted by Crippen LogP contribution is -2.31. The van der Waals surface area contributed by atoms with Crippen LogP contribution in [-0.2, 0) is 13.0 Å². The Hall–Kier alpha value is -3.81. The lowest BCUT2D eigenvalue weighted by molar-refractivity contribution is -0.384. The number of benzene rings is 2. The van der Waals surface area contributed by atoms with E-state index in [0.717, 1.165) is 46.6 Å². The van der Waals surface area contributed by atoms with Crippen molar-refractivity contribution in [2.45, 2.75) is 13.0 Å². The highest BCUT2D eigenvalue weighted by Gasteiger charge is 2.22. The Kier molecular flexibility index (Phi) is 3.75. The lowest BCUT2D eigenvalue weighted by Gasteiger charge is -2.29. The molecule has 3 heterocycles. The monoisotopic (exact) mass is 372 g/mol. The van der Waals surface area contributed by atoms with Gasteiger partial charge in [-0.25, -0.2) is 14.6 Å². The molecule has 0 aliphatic carbocycles. The van der Waals surface area contributed by atoms with Gasteiger partial charge in [-0.2, -0.15) is 5.10 Å². The molecule has 2 aromatic heterocycles. The summed E-state index contributed by atoms with van der Waals surface area (Å²) in [6.07, 6.45) is 4.13. The van der Waals surface area contributed by atoms with Crippen LogP contribution in [0.1, 0.15) is 11.1 Å². The number of aromatic nitrogens is 4. The van der Waals surface area contributed by atoms with E-state index in [4.69, 9.17) is 0 Å². The van der Waals surface area contributed by atoms with Crippen LogP contribution in [0.25, 0.3) is 16.7 Å². The molecule has 0 saturated carbocycles. The average molecular weight is 372 g/mol. The molecule has 4 aromatic rings. The molecule has 138 valence electrons. The second-order valence-electron chi connectivity index (χ2n) is 6.71. The van der Waals surface area contributed by atoms with Gasteiger partial charge in [0.2, 0.25) is 0 Å². The summed E-state index contributed by atoms with van der Waals surface area (Å²) in [5.41, 5.74) is 3.89. The van der Waals surface area contributed by atoms with Crippen LogP contribution < -0.4 is 4.90 Å². The first kappa shape index (κ1) is 16.4. The summed E-state index contributed by atoms with van der Waals surface area (Å²) in [5.74, 6) is 0.796. The zero-order valence-electron chi connectivity index (χ0n) is 14.9. The van der Waals surface area contributed by atoms with E-state index in [9.17, 15) is 10.1 Å². The third-order valence-electron chi connectivity index (χ3n) is 5.06. The highest BCUT2D eigenvalue weighted by Crippen LogP contribution is 2.30. The number of hydrogen-bond donors (Lipinski definition) is 0. The SMILES string of the molecule is O=[N+]([O-])c1ccc2c(c1)CN(c1ncnc3c1cnn3-c1ccccc1)CC2. The van der Waals surface area contributed by atoms with Crippen molar-refractivity contribution >= 4 is 22.5 Å². The Morgan fingerprint density at radius 1 is 1.04 bits per heavy atom. The number of fused-ring (bicyclic) bond motifs is 2. The quantitative estimate of drug-likeness (QED) is 0.405. The molecule has 8 nitrogen and oxygen atoms in total. The summed E-state index contributed by atoms with van der Waals surface area (Å²) in [6, 6.07) is 14.9. The van der Waals surface area contributed by atoms with Gasteiger partial charge in [0.25, 0.3) is 5.69 Å². The minimum atomic E-state index is -0.355. The number of para-hydroxylation sites is 1. The highest BCUT2D eigenvalue weighted by molar-refractivity contribution is 5.87. The maximum absolute atomic E-state index is 11.1. The maximum Gasteiger partial charge on any atom is 0.269 e. The van der Waals surface area contributed by atoms with Gasteiger partial charge < -0.3 is 4.90 Å². The lowest BCUT2D eigenvalue weighted by atomic mass is 9.99. The van der Waals surface area contributed by atoms with Gasteiger partial charge in [0.1, 0.15) is 12.1 Å². The van der Waals surface area contributed by atoms with Crippen LogP contribution in [0.5, 0.6) is 0 Å². The van der Waals surface area contributed by atoms with E-state index in [1.165, 1.54) is 0 Å². The molecule has 8 heteroatoms. The summed E-state index contributed by atoms with van der Waals surface area (Å²) in [6.45, 7) is 1.35. The van der Waals surface area contributed by atoms with Gasteiger partial charge in [-0.15, -0.1) is 0 Å². The topological polar surface area (TPSA) is 90.0 Å². The summed E-state index contributed by atoms with van der Waals surface area (Å²) >= 11 is 0. The predicted octanol–water partition coefficient (Wildman–Crippen LogP) is 3.29. The second-order valence-corrected chi connectivity index (χ2v) is 6.71. The third kappa shape index (κ3) is 2.66. The van der Waals surface area contributed by atoms with Crippen molar-refractivity contribution in [2.75, 3.05) is 11.4 Å². The van der Waals surface area contributed by atoms with Crippen LogP contribution in [0.4, 0.5) is 11.5 Å². The number of rotatable bonds is 3. The Bertz CT molecular complexity index is 1190. The van der Waals surface area contributed by atoms with E-state index >= 15 is 0 Å². The number of nitrogens with zero attached hydrogens (tertiary/aromatic N) is 6. The summed E-state index contributed by atoms with van der Waals surface area (Å²) in [4.78, 5) is 21.8. The summed E-state index contributed by atoms with van der Waals surface area (Å²) in [5, 5.41) is 16.5. The van der Waals surface area contributed by atoms with Gasteiger partial charge in [-0.1, -0.05) is 24.3 Å². The minimum Gasteiger partial charge on any atom is -0.351 e. The first-order valence-electron chi connectivity index (χ1n) is 8.96. The zero-order valence-corrected chi connectivity index (χ0v) is 14.9. The number of non-ortho nitro benzene ring substituents is 1. The summed E-state index contributed by atoms with van der Waals surface area (Å²) in [7, 11) is 0. The van der Waals surface area contributed by atoms with E-state index in [1.807, 2.05) is 36.4 Å². The molecular weight excluding hydrogens is 356 g/mol. The van der Waals surface area contributed by atoms with Crippen LogP contribution in [0.2, 0.25) is 0 Å². The van der Waals surface area contributed by atoms with Crippen molar-refractivity contribution in [3.05, 3.63) is 82.3 Å². The fraction of sp³-hybridized carbons (Fsp3) is 0.150. The highest BCUT2D eigenvalue weighted by atomic mass is 16.6. The number of hydrogen-bond acceptors (Lipinski definition) is 6. The molecular formula is C20H16N6O2. The Morgan fingerprint density at radius 2 is 1.89 bits per heavy atom. The predicted molar refractivity (Wildman–Crippen MR) is 105 cm³/mol. The number of nitro benzene ring substituents is 1. The minimum absolute atomic E-state index is 0.116. The Labute approximate surface area is 160 Å². The molecule has 0 N–H and O–H groups in total. The van der Waals surface area contributed by atoms with E-state index in [1.54, 1.807) is 29.3 Å². The van der Waals surface area contributed by atoms with Gasteiger partial charge in [0.15, 0.2) is 5.65 Å². The van der Waals surface area contributed by atoms with Crippen molar-refractivity contribution < 1.29 is 4.92 Å². The summed E-state index contributed by atoms with van der Waals surface area (Å²) < 4.78 is 1.79. The van der Waals surface area contributed by atoms with Gasteiger partial charge >= 0.3 is 0 Å². The van der Waals surface area contributed by atoms with E-state index in [2.05, 4.69) is 20.0 Å². The molecule has 0 spiro atoms. The smallest absolute Gasteiger partial charge is 0.269 e. The Morgan fingerprint density at radius 3 is 2.71 bits per heavy atom. The average Bonchev–Trinajstić information content (AvgIpc) is 3.18. The largest absolute Gasteiger partial charge is 0.351 e. The molecule has 0 radical (unpaired) electrons. The van der Waals surface area contributed by atoms with Crippen LogP contribution in [0.3, 0.4) is 0 Å². The molecule has 0 amide bonds. The van der Waals surface area contributed by atoms with E-state index in [-0.39, 0.29) is 10.6 Å². The first-order valence-corrected chi connectivity index (χ1v) is 8.96. The Balaban J connectivity index is 1.55. The van der Waals surface area contributed by atoms with Crippen LogP contribution in [0, 0.1) is 10.1 Å². The number of nitro groups is 1. The second kappa shape index (κ2) is 6.41. The van der Waals surface area contributed by atoms with Crippen LogP contribution in [0.15, 0.2) is 61.1 Å². The number of anilines is 1. The van der Waals surface area contributed by atoms with Gasteiger partial charge in [0, 0.05) is 25.2 Å². The molecule has 0 fully saturated rings.